The van der Waals surface area contributed by atoms with Crippen LogP contribution in [0.2, 0.25) is 0 Å². The molecule has 2 saturated heterocycles. The number of nitrogens with zero attached hydrogens (tertiary/aromatic N) is 2. The average molecular weight is 282 g/mol. The van der Waals surface area contributed by atoms with E-state index in [1.165, 1.54) is 12.1 Å². The van der Waals surface area contributed by atoms with Gasteiger partial charge in [-0.15, -0.1) is 0 Å². The van der Waals surface area contributed by atoms with E-state index in [0.29, 0.717) is 18.2 Å². The van der Waals surface area contributed by atoms with E-state index in [1.54, 1.807) is 0 Å². The largest absolute Gasteiger partial charge is 0.392 e. The van der Waals surface area contributed by atoms with Crippen LogP contribution in [-0.2, 0) is 6.54 Å². The van der Waals surface area contributed by atoms with Crippen molar-refractivity contribution >= 4 is 0 Å². The number of benzene rings is 1. The molecule has 1 unspecified atom stereocenters. The molecule has 0 saturated carbocycles. The number of hydrogen-bond donors (Lipinski definition) is 1. The van der Waals surface area contributed by atoms with Crippen LogP contribution >= 0.6 is 0 Å². The van der Waals surface area contributed by atoms with Crippen LogP contribution in [0.15, 0.2) is 18.2 Å². The molecule has 0 spiro atoms. The van der Waals surface area contributed by atoms with Gasteiger partial charge in [0, 0.05) is 43.8 Å². The van der Waals surface area contributed by atoms with Gasteiger partial charge >= 0.3 is 0 Å². The van der Waals surface area contributed by atoms with Crippen molar-refractivity contribution < 1.29 is 13.9 Å². The lowest BCUT2D eigenvalue weighted by Gasteiger charge is -2.42. The van der Waals surface area contributed by atoms with E-state index in [4.69, 9.17) is 0 Å². The smallest absolute Gasteiger partial charge is 0.127 e. The van der Waals surface area contributed by atoms with Crippen LogP contribution in [0.3, 0.4) is 0 Å². The first-order valence-electron chi connectivity index (χ1n) is 7.13. The Kier molecular flexibility index (Phi) is 3.75. The summed E-state index contributed by atoms with van der Waals surface area (Å²) < 4.78 is 27.0. The lowest BCUT2D eigenvalue weighted by molar-refractivity contribution is 0.0521. The maximum Gasteiger partial charge on any atom is 0.127 e. The van der Waals surface area contributed by atoms with Gasteiger partial charge in [0.05, 0.1) is 6.10 Å². The molecule has 0 radical (unpaired) electrons. The highest BCUT2D eigenvalue weighted by Gasteiger charge is 2.38. The molecule has 0 aliphatic carbocycles. The number of rotatable bonds is 2. The Balaban J connectivity index is 1.72. The molecule has 3 nitrogen and oxygen atoms in total. The average Bonchev–Trinajstić information content (AvgIpc) is 2.73. The molecule has 1 N–H and O–H groups in total. The van der Waals surface area contributed by atoms with Gasteiger partial charge in [-0.05, 0) is 31.5 Å². The molecule has 1 aromatic carbocycles. The van der Waals surface area contributed by atoms with Crippen LogP contribution in [0, 0.1) is 11.6 Å². The molecule has 3 rings (SSSR count). The molecule has 2 aliphatic rings. The predicted molar refractivity (Wildman–Crippen MR) is 72.2 cm³/mol. The number of hydrogen-bond acceptors (Lipinski definition) is 3. The van der Waals surface area contributed by atoms with E-state index in [1.807, 2.05) is 0 Å². The topological polar surface area (TPSA) is 26.7 Å². The van der Waals surface area contributed by atoms with Crippen LogP contribution in [0.25, 0.3) is 0 Å². The van der Waals surface area contributed by atoms with Crippen LogP contribution < -0.4 is 0 Å². The molecule has 1 aromatic rings. The Morgan fingerprint density at radius 1 is 1.25 bits per heavy atom. The van der Waals surface area contributed by atoms with Crippen molar-refractivity contribution in [2.24, 2.45) is 0 Å². The normalized spacial score (nSPS) is 31.5. The van der Waals surface area contributed by atoms with Gasteiger partial charge in [0.25, 0.3) is 0 Å². The van der Waals surface area contributed by atoms with Crippen molar-refractivity contribution in [2.45, 2.75) is 38.1 Å². The van der Waals surface area contributed by atoms with Gasteiger partial charge in [0.15, 0.2) is 0 Å². The summed E-state index contributed by atoms with van der Waals surface area (Å²) in [6.45, 7) is 4.92. The standard InChI is InChI=1S/C15H20F2N2O/c1-10-6-19-9-14(20)5-13(19)8-18(10)7-11-4-12(16)2-3-15(11)17/h2-4,10,13-14,20H,5-9H2,1H3/t10-,13?,14+/m0/s1. The van der Waals surface area contributed by atoms with Gasteiger partial charge in [-0.25, -0.2) is 8.78 Å². The summed E-state index contributed by atoms with van der Waals surface area (Å²) in [5.41, 5.74) is 0.406. The number of fused-ring (bicyclic) bond motifs is 1. The quantitative estimate of drug-likeness (QED) is 0.892. The van der Waals surface area contributed by atoms with Gasteiger partial charge in [0.2, 0.25) is 0 Å². The van der Waals surface area contributed by atoms with Crippen LogP contribution in [-0.4, -0.2) is 52.7 Å². The highest BCUT2D eigenvalue weighted by molar-refractivity contribution is 5.19. The zero-order valence-corrected chi connectivity index (χ0v) is 11.6. The zero-order valence-electron chi connectivity index (χ0n) is 11.6. The van der Waals surface area contributed by atoms with Crippen molar-refractivity contribution in [2.75, 3.05) is 19.6 Å². The Morgan fingerprint density at radius 2 is 2.05 bits per heavy atom. The maximum absolute atomic E-state index is 13.7. The molecular formula is C15H20F2N2O. The molecule has 0 amide bonds. The number of aliphatic hydroxyl groups excluding tert-OH is 1. The predicted octanol–water partition coefficient (Wildman–Crippen LogP) is 1.60. The van der Waals surface area contributed by atoms with Gasteiger partial charge in [-0.2, -0.15) is 0 Å². The minimum Gasteiger partial charge on any atom is -0.392 e. The van der Waals surface area contributed by atoms with E-state index in [-0.39, 0.29) is 18.0 Å². The van der Waals surface area contributed by atoms with E-state index in [2.05, 4.69) is 16.7 Å². The number of halogens is 2. The third kappa shape index (κ3) is 2.71. The Hall–Kier alpha value is -1.04. The summed E-state index contributed by atoms with van der Waals surface area (Å²) in [4.78, 5) is 4.48. The highest BCUT2D eigenvalue weighted by Crippen LogP contribution is 2.26. The fourth-order valence-electron chi connectivity index (χ4n) is 3.38. The molecule has 0 bridgehead atoms. The molecular weight excluding hydrogens is 262 g/mol. The van der Waals surface area contributed by atoms with E-state index in [0.717, 1.165) is 32.1 Å². The summed E-state index contributed by atoms with van der Waals surface area (Å²) in [5, 5.41) is 9.73. The van der Waals surface area contributed by atoms with E-state index >= 15 is 0 Å². The third-order valence-corrected chi connectivity index (χ3v) is 4.45. The number of piperazine rings is 1. The van der Waals surface area contributed by atoms with Gasteiger partial charge < -0.3 is 5.11 Å². The highest BCUT2D eigenvalue weighted by atomic mass is 19.1. The summed E-state index contributed by atoms with van der Waals surface area (Å²) in [5.74, 6) is -0.753. The summed E-state index contributed by atoms with van der Waals surface area (Å²) in [6.07, 6.45) is 0.521. The van der Waals surface area contributed by atoms with Crippen LogP contribution in [0.5, 0.6) is 0 Å². The van der Waals surface area contributed by atoms with Gasteiger partial charge in [-0.1, -0.05) is 0 Å². The second-order valence-corrected chi connectivity index (χ2v) is 6.01. The minimum absolute atomic E-state index is 0.252. The Labute approximate surface area is 117 Å². The van der Waals surface area contributed by atoms with Crippen molar-refractivity contribution in [3.05, 3.63) is 35.4 Å². The molecule has 3 atom stereocenters. The van der Waals surface area contributed by atoms with Crippen molar-refractivity contribution in [3.63, 3.8) is 0 Å². The first kappa shape index (κ1) is 13.9. The molecule has 110 valence electrons. The molecule has 20 heavy (non-hydrogen) atoms. The third-order valence-electron chi connectivity index (χ3n) is 4.45. The maximum atomic E-state index is 13.7. The van der Waals surface area contributed by atoms with E-state index < -0.39 is 5.82 Å². The van der Waals surface area contributed by atoms with Crippen molar-refractivity contribution in [1.29, 1.82) is 0 Å². The molecule has 5 heteroatoms. The second kappa shape index (κ2) is 5.39. The second-order valence-electron chi connectivity index (χ2n) is 6.01. The first-order valence-corrected chi connectivity index (χ1v) is 7.13. The molecule has 2 aliphatic heterocycles. The SMILES string of the molecule is C[C@H]1CN2C[C@H](O)CC2CN1Cc1cc(F)ccc1F. The van der Waals surface area contributed by atoms with Crippen LogP contribution in [0.4, 0.5) is 8.78 Å². The molecule has 2 fully saturated rings. The Morgan fingerprint density at radius 3 is 2.85 bits per heavy atom. The molecule has 2 heterocycles. The first-order chi connectivity index (χ1) is 9.52. The minimum atomic E-state index is -0.399. The monoisotopic (exact) mass is 282 g/mol. The molecule has 0 aromatic heterocycles. The lowest BCUT2D eigenvalue weighted by Crippen LogP contribution is -2.54. The van der Waals surface area contributed by atoms with E-state index in [9.17, 15) is 13.9 Å². The van der Waals surface area contributed by atoms with Crippen molar-refractivity contribution in [3.8, 4) is 0 Å². The summed E-state index contributed by atoms with van der Waals surface area (Å²) >= 11 is 0. The zero-order chi connectivity index (χ0) is 14.3. The fraction of sp³-hybridized carbons (Fsp3) is 0.600. The summed E-state index contributed by atoms with van der Waals surface area (Å²) in [7, 11) is 0. The van der Waals surface area contributed by atoms with Gasteiger partial charge in [0.1, 0.15) is 11.6 Å². The van der Waals surface area contributed by atoms with Gasteiger partial charge in [-0.3, -0.25) is 9.80 Å². The van der Waals surface area contributed by atoms with Crippen molar-refractivity contribution in [1.82, 2.24) is 9.80 Å². The number of aliphatic hydroxyl groups is 1. The lowest BCUT2D eigenvalue weighted by atomic mass is 10.1. The Bertz CT molecular complexity index is 497. The fourth-order valence-corrected chi connectivity index (χ4v) is 3.38. The van der Waals surface area contributed by atoms with Crippen LogP contribution in [0.1, 0.15) is 18.9 Å². The summed E-state index contributed by atoms with van der Waals surface area (Å²) in [6, 6.07) is 4.22.